The number of hydrogen-bond donors (Lipinski definition) is 1. The molecule has 0 saturated heterocycles. The van der Waals surface area contributed by atoms with E-state index in [1.807, 2.05) is 25.1 Å². The summed E-state index contributed by atoms with van der Waals surface area (Å²) in [6.07, 6.45) is -0.958. The first-order valence-electron chi connectivity index (χ1n) is 9.11. The molecule has 2 aromatic rings. The lowest BCUT2D eigenvalue weighted by atomic mass is 9.98. The molecular formula is C22H27NO5. The Hall–Kier alpha value is -3.02. The molecule has 6 heteroatoms. The summed E-state index contributed by atoms with van der Waals surface area (Å²) in [5.74, 6) is 0.170. The Bertz CT molecular complexity index is 860. The molecule has 0 aromatic heterocycles. The van der Waals surface area contributed by atoms with E-state index in [2.05, 4.69) is 19.2 Å². The van der Waals surface area contributed by atoms with Gasteiger partial charge in [-0.2, -0.15) is 0 Å². The van der Waals surface area contributed by atoms with Crippen molar-refractivity contribution < 1.29 is 23.8 Å². The second-order valence-electron chi connectivity index (χ2n) is 6.80. The van der Waals surface area contributed by atoms with E-state index in [0.29, 0.717) is 11.5 Å². The highest BCUT2D eigenvalue weighted by Gasteiger charge is 2.22. The lowest BCUT2D eigenvalue weighted by Gasteiger charge is -2.19. The fraction of sp³-hybridized carbons (Fsp3) is 0.364. The van der Waals surface area contributed by atoms with Gasteiger partial charge in [0.15, 0.2) is 17.6 Å². The van der Waals surface area contributed by atoms with Gasteiger partial charge in [0, 0.05) is 5.69 Å². The smallest absolute Gasteiger partial charge is 0.339 e. The first kappa shape index (κ1) is 21.3. The van der Waals surface area contributed by atoms with Gasteiger partial charge in [-0.3, -0.25) is 4.79 Å². The monoisotopic (exact) mass is 385 g/mol. The molecule has 150 valence electrons. The summed E-state index contributed by atoms with van der Waals surface area (Å²) in [5, 5.41) is 2.90. The zero-order valence-corrected chi connectivity index (χ0v) is 17.2. The molecule has 1 N–H and O–H groups in total. The van der Waals surface area contributed by atoms with E-state index in [1.54, 1.807) is 19.1 Å². The summed E-state index contributed by atoms with van der Waals surface area (Å²) in [4.78, 5) is 25.0. The van der Waals surface area contributed by atoms with E-state index >= 15 is 0 Å². The number of para-hydroxylation sites is 1. The Labute approximate surface area is 165 Å². The molecule has 0 aliphatic rings. The topological polar surface area (TPSA) is 73.9 Å². The molecule has 0 radical (unpaired) electrons. The number of ether oxygens (including phenoxy) is 3. The SMILES string of the molecule is COc1ccc(C(=O)O[C@H](C)C(=O)Nc2c(C)cccc2C(C)C)cc1OC. The minimum Gasteiger partial charge on any atom is -0.493 e. The normalized spacial score (nSPS) is 11.7. The number of aryl methyl sites for hydroxylation is 1. The predicted octanol–water partition coefficient (Wildman–Crippen LogP) is 4.32. The van der Waals surface area contributed by atoms with Gasteiger partial charge in [-0.25, -0.2) is 4.79 Å². The summed E-state index contributed by atoms with van der Waals surface area (Å²) in [6.45, 7) is 7.60. The van der Waals surface area contributed by atoms with Crippen molar-refractivity contribution in [3.05, 3.63) is 53.1 Å². The Morgan fingerprint density at radius 3 is 2.25 bits per heavy atom. The summed E-state index contributed by atoms with van der Waals surface area (Å²) in [7, 11) is 3.00. The molecule has 0 aliphatic heterocycles. The van der Waals surface area contributed by atoms with E-state index in [-0.39, 0.29) is 17.4 Å². The van der Waals surface area contributed by atoms with Crippen molar-refractivity contribution in [2.75, 3.05) is 19.5 Å². The third-order valence-electron chi connectivity index (χ3n) is 4.45. The first-order valence-corrected chi connectivity index (χ1v) is 9.11. The average Bonchev–Trinajstić information content (AvgIpc) is 2.68. The van der Waals surface area contributed by atoms with Gasteiger partial charge in [0.25, 0.3) is 5.91 Å². The lowest BCUT2D eigenvalue weighted by molar-refractivity contribution is -0.123. The van der Waals surface area contributed by atoms with E-state index in [4.69, 9.17) is 14.2 Å². The van der Waals surface area contributed by atoms with E-state index in [9.17, 15) is 9.59 Å². The minimum atomic E-state index is -0.958. The number of hydrogen-bond acceptors (Lipinski definition) is 5. The summed E-state index contributed by atoms with van der Waals surface area (Å²) >= 11 is 0. The number of esters is 1. The predicted molar refractivity (Wildman–Crippen MR) is 108 cm³/mol. The third-order valence-corrected chi connectivity index (χ3v) is 4.45. The van der Waals surface area contributed by atoms with Crippen LogP contribution in [0.3, 0.4) is 0 Å². The van der Waals surface area contributed by atoms with Crippen LogP contribution in [0.4, 0.5) is 5.69 Å². The van der Waals surface area contributed by atoms with Crippen molar-refractivity contribution in [3.8, 4) is 11.5 Å². The lowest BCUT2D eigenvalue weighted by Crippen LogP contribution is -2.30. The highest BCUT2D eigenvalue weighted by Crippen LogP contribution is 2.29. The summed E-state index contributed by atoms with van der Waals surface area (Å²) in [6, 6.07) is 10.6. The van der Waals surface area contributed by atoms with E-state index in [1.165, 1.54) is 20.3 Å². The standard InChI is InChI=1S/C22H27NO5/c1-13(2)17-9-7-8-14(3)20(17)23-21(24)15(4)28-22(25)16-10-11-18(26-5)19(12-16)27-6/h7-13,15H,1-6H3,(H,23,24)/t15-/m1/s1. The Morgan fingerprint density at radius 1 is 0.964 bits per heavy atom. The average molecular weight is 385 g/mol. The third kappa shape index (κ3) is 4.82. The number of carbonyl (C=O) groups excluding carboxylic acids is 2. The van der Waals surface area contributed by atoms with Crippen LogP contribution in [0.2, 0.25) is 0 Å². The number of amides is 1. The number of benzene rings is 2. The fourth-order valence-electron chi connectivity index (χ4n) is 2.81. The maximum absolute atomic E-state index is 12.6. The van der Waals surface area contributed by atoms with Crippen molar-refractivity contribution in [2.45, 2.75) is 39.7 Å². The zero-order valence-electron chi connectivity index (χ0n) is 17.2. The zero-order chi connectivity index (χ0) is 20.8. The van der Waals surface area contributed by atoms with Gasteiger partial charge in [-0.1, -0.05) is 32.0 Å². The fourth-order valence-corrected chi connectivity index (χ4v) is 2.81. The molecule has 2 aromatic carbocycles. The van der Waals surface area contributed by atoms with Gasteiger partial charge in [-0.05, 0) is 49.1 Å². The van der Waals surface area contributed by atoms with Crippen LogP contribution in [0, 0.1) is 6.92 Å². The highest BCUT2D eigenvalue weighted by atomic mass is 16.5. The number of nitrogens with one attached hydrogen (secondary N) is 1. The van der Waals surface area contributed by atoms with Gasteiger partial charge < -0.3 is 19.5 Å². The van der Waals surface area contributed by atoms with Gasteiger partial charge in [-0.15, -0.1) is 0 Å². The molecule has 2 rings (SSSR count). The molecule has 0 aliphatic carbocycles. The molecule has 6 nitrogen and oxygen atoms in total. The molecule has 0 unspecified atom stereocenters. The number of methoxy groups -OCH3 is 2. The maximum atomic E-state index is 12.6. The minimum absolute atomic E-state index is 0.250. The van der Waals surface area contributed by atoms with Gasteiger partial charge >= 0.3 is 5.97 Å². The van der Waals surface area contributed by atoms with Crippen molar-refractivity contribution in [3.63, 3.8) is 0 Å². The van der Waals surface area contributed by atoms with Crippen LogP contribution in [0.25, 0.3) is 0 Å². The molecule has 1 atom stereocenters. The Balaban J connectivity index is 2.12. The molecular weight excluding hydrogens is 358 g/mol. The Morgan fingerprint density at radius 2 is 1.64 bits per heavy atom. The van der Waals surface area contributed by atoms with Crippen molar-refractivity contribution in [1.82, 2.24) is 0 Å². The molecule has 0 fully saturated rings. The van der Waals surface area contributed by atoms with E-state index in [0.717, 1.165) is 16.8 Å². The molecule has 1 amide bonds. The van der Waals surface area contributed by atoms with Crippen LogP contribution in [-0.4, -0.2) is 32.2 Å². The number of anilines is 1. The van der Waals surface area contributed by atoms with Crippen molar-refractivity contribution >= 4 is 17.6 Å². The number of carbonyl (C=O) groups is 2. The van der Waals surface area contributed by atoms with Crippen LogP contribution < -0.4 is 14.8 Å². The summed E-state index contributed by atoms with van der Waals surface area (Å²) in [5.41, 5.74) is 3.03. The van der Waals surface area contributed by atoms with Crippen LogP contribution in [-0.2, 0) is 9.53 Å². The molecule has 28 heavy (non-hydrogen) atoms. The second-order valence-corrected chi connectivity index (χ2v) is 6.80. The van der Waals surface area contributed by atoms with Crippen molar-refractivity contribution in [2.24, 2.45) is 0 Å². The molecule has 0 saturated carbocycles. The quantitative estimate of drug-likeness (QED) is 0.719. The Kier molecular flexibility index (Phi) is 7.04. The van der Waals surface area contributed by atoms with Crippen LogP contribution in [0.5, 0.6) is 11.5 Å². The van der Waals surface area contributed by atoms with Crippen LogP contribution in [0.15, 0.2) is 36.4 Å². The van der Waals surface area contributed by atoms with E-state index < -0.39 is 12.1 Å². The van der Waals surface area contributed by atoms with Crippen LogP contribution in [0.1, 0.15) is 48.2 Å². The maximum Gasteiger partial charge on any atom is 0.339 e. The molecule has 0 bridgehead atoms. The van der Waals surface area contributed by atoms with Gasteiger partial charge in [0.05, 0.1) is 19.8 Å². The van der Waals surface area contributed by atoms with Gasteiger partial charge in [0.2, 0.25) is 0 Å². The highest BCUT2D eigenvalue weighted by molar-refractivity contribution is 5.98. The van der Waals surface area contributed by atoms with Gasteiger partial charge in [0.1, 0.15) is 0 Å². The largest absolute Gasteiger partial charge is 0.493 e. The van der Waals surface area contributed by atoms with Crippen LogP contribution >= 0.6 is 0 Å². The summed E-state index contributed by atoms with van der Waals surface area (Å²) < 4.78 is 15.7. The number of rotatable bonds is 7. The molecule has 0 spiro atoms. The van der Waals surface area contributed by atoms with Crippen molar-refractivity contribution in [1.29, 1.82) is 0 Å². The molecule has 0 heterocycles. The second kappa shape index (κ2) is 9.26. The first-order chi connectivity index (χ1) is 13.3.